The lowest BCUT2D eigenvalue weighted by Gasteiger charge is -2.25. The van der Waals surface area contributed by atoms with Crippen molar-refractivity contribution < 1.29 is 14.6 Å². The monoisotopic (exact) mass is 284 g/mol. The lowest BCUT2D eigenvalue weighted by molar-refractivity contribution is -0.147. The number of benzene rings is 1. The zero-order chi connectivity index (χ0) is 14.6. The minimum Gasteiger partial charge on any atom is -0.493 e. The third kappa shape index (κ3) is 4.13. The van der Waals surface area contributed by atoms with Crippen LogP contribution in [0.1, 0.15) is 31.4 Å². The highest BCUT2D eigenvalue weighted by Gasteiger charge is 2.35. The van der Waals surface area contributed by atoms with Crippen molar-refractivity contribution in [3.63, 3.8) is 0 Å². The Morgan fingerprint density at radius 3 is 2.63 bits per heavy atom. The SMILES string of the molecule is Cc1ccc(C)c(OCCC(Cl)C(C)(C)C(=O)O)c1. The van der Waals surface area contributed by atoms with Crippen LogP contribution >= 0.6 is 11.6 Å². The minimum atomic E-state index is -0.952. The first kappa shape index (κ1) is 15.8. The molecule has 0 aliphatic carbocycles. The van der Waals surface area contributed by atoms with E-state index < -0.39 is 16.8 Å². The Hall–Kier alpha value is -1.22. The third-order valence-corrected chi connectivity index (χ3v) is 4.07. The average molecular weight is 285 g/mol. The summed E-state index contributed by atoms with van der Waals surface area (Å²) in [7, 11) is 0. The predicted octanol–water partition coefficient (Wildman–Crippen LogP) is 3.79. The van der Waals surface area contributed by atoms with Crippen molar-refractivity contribution in [2.75, 3.05) is 6.61 Å². The zero-order valence-electron chi connectivity index (χ0n) is 11.9. The van der Waals surface area contributed by atoms with Gasteiger partial charge in [-0.1, -0.05) is 12.1 Å². The molecule has 0 saturated carbocycles. The van der Waals surface area contributed by atoms with Gasteiger partial charge in [0.2, 0.25) is 0 Å². The van der Waals surface area contributed by atoms with Gasteiger partial charge in [0, 0.05) is 0 Å². The predicted molar refractivity (Wildman–Crippen MR) is 77.1 cm³/mol. The number of hydrogen-bond donors (Lipinski definition) is 1. The maximum atomic E-state index is 11.1. The van der Waals surface area contributed by atoms with Crippen LogP contribution < -0.4 is 4.74 Å². The largest absolute Gasteiger partial charge is 0.493 e. The number of aryl methyl sites for hydroxylation is 2. The Balaban J connectivity index is 2.55. The van der Waals surface area contributed by atoms with E-state index >= 15 is 0 Å². The van der Waals surface area contributed by atoms with Crippen LogP contribution in [0, 0.1) is 19.3 Å². The van der Waals surface area contributed by atoms with Crippen LogP contribution in [0.25, 0.3) is 0 Å². The van der Waals surface area contributed by atoms with E-state index in [-0.39, 0.29) is 0 Å². The standard InChI is InChI=1S/C15H21ClO3/c1-10-5-6-11(2)12(9-10)19-8-7-13(16)15(3,4)14(17)18/h5-6,9,13H,7-8H2,1-4H3,(H,17,18). The number of carbonyl (C=O) groups is 1. The van der Waals surface area contributed by atoms with Gasteiger partial charge in [0.1, 0.15) is 5.75 Å². The van der Waals surface area contributed by atoms with Crippen LogP contribution in [0.5, 0.6) is 5.75 Å². The number of rotatable bonds is 6. The molecule has 0 aromatic heterocycles. The van der Waals surface area contributed by atoms with Gasteiger partial charge in [-0.05, 0) is 51.3 Å². The molecule has 0 saturated heterocycles. The van der Waals surface area contributed by atoms with Crippen molar-refractivity contribution in [2.45, 2.75) is 39.5 Å². The van der Waals surface area contributed by atoms with Gasteiger partial charge in [-0.3, -0.25) is 4.79 Å². The number of carboxylic acids is 1. The van der Waals surface area contributed by atoms with E-state index in [0.717, 1.165) is 16.9 Å². The summed E-state index contributed by atoms with van der Waals surface area (Å²) in [5.74, 6) is -0.0590. The summed E-state index contributed by atoms with van der Waals surface area (Å²) in [5.41, 5.74) is 1.25. The van der Waals surface area contributed by atoms with Crippen molar-refractivity contribution >= 4 is 17.6 Å². The van der Waals surface area contributed by atoms with E-state index in [1.807, 2.05) is 32.0 Å². The number of aliphatic carboxylic acids is 1. The van der Waals surface area contributed by atoms with Crippen molar-refractivity contribution in [3.8, 4) is 5.75 Å². The molecule has 19 heavy (non-hydrogen) atoms. The molecule has 0 heterocycles. The van der Waals surface area contributed by atoms with Gasteiger partial charge in [0.25, 0.3) is 0 Å². The second kappa shape index (κ2) is 6.29. The lowest BCUT2D eigenvalue weighted by Crippen LogP contribution is -2.34. The van der Waals surface area contributed by atoms with Crippen LogP contribution in [-0.4, -0.2) is 23.1 Å². The molecule has 0 bridgehead atoms. The van der Waals surface area contributed by atoms with E-state index in [1.165, 1.54) is 0 Å². The Labute approximate surface area is 119 Å². The fourth-order valence-corrected chi connectivity index (χ4v) is 1.81. The fourth-order valence-electron chi connectivity index (χ4n) is 1.63. The van der Waals surface area contributed by atoms with Crippen molar-refractivity contribution in [1.29, 1.82) is 0 Å². The molecule has 0 aliphatic rings. The maximum absolute atomic E-state index is 11.1. The van der Waals surface area contributed by atoms with Gasteiger partial charge in [0.15, 0.2) is 0 Å². The molecule has 106 valence electrons. The minimum absolute atomic E-state index is 0.412. The van der Waals surface area contributed by atoms with Gasteiger partial charge in [-0.2, -0.15) is 0 Å². The fraction of sp³-hybridized carbons (Fsp3) is 0.533. The molecule has 0 radical (unpaired) electrons. The van der Waals surface area contributed by atoms with Crippen molar-refractivity contribution in [2.24, 2.45) is 5.41 Å². The van der Waals surface area contributed by atoms with Crippen LogP contribution in [0.2, 0.25) is 0 Å². The molecule has 3 nitrogen and oxygen atoms in total. The second-order valence-electron chi connectivity index (χ2n) is 5.40. The first-order chi connectivity index (χ1) is 8.75. The first-order valence-electron chi connectivity index (χ1n) is 6.32. The molecule has 1 aromatic carbocycles. The summed E-state index contributed by atoms with van der Waals surface area (Å²) in [6.07, 6.45) is 0.494. The number of halogens is 1. The molecular formula is C15H21ClO3. The number of ether oxygens (including phenoxy) is 1. The highest BCUT2D eigenvalue weighted by Crippen LogP contribution is 2.29. The molecular weight excluding hydrogens is 264 g/mol. The van der Waals surface area contributed by atoms with Gasteiger partial charge in [0.05, 0.1) is 17.4 Å². The molecule has 4 heteroatoms. The Kier molecular flexibility index (Phi) is 5.24. The van der Waals surface area contributed by atoms with E-state index in [2.05, 4.69) is 0 Å². The first-order valence-corrected chi connectivity index (χ1v) is 6.76. The third-order valence-electron chi connectivity index (χ3n) is 3.31. The van der Waals surface area contributed by atoms with Crippen molar-refractivity contribution in [1.82, 2.24) is 0 Å². The molecule has 1 unspecified atom stereocenters. The summed E-state index contributed by atoms with van der Waals surface area (Å²) in [6.45, 7) is 7.66. The highest BCUT2D eigenvalue weighted by molar-refractivity contribution is 6.22. The summed E-state index contributed by atoms with van der Waals surface area (Å²) in [4.78, 5) is 11.1. The second-order valence-corrected chi connectivity index (χ2v) is 5.93. The highest BCUT2D eigenvalue weighted by atomic mass is 35.5. The topological polar surface area (TPSA) is 46.5 Å². The molecule has 1 N–H and O–H groups in total. The average Bonchev–Trinajstić information content (AvgIpc) is 2.33. The van der Waals surface area contributed by atoms with Crippen molar-refractivity contribution in [3.05, 3.63) is 29.3 Å². The summed E-state index contributed by atoms with van der Waals surface area (Å²) in [6, 6.07) is 6.00. The Morgan fingerprint density at radius 2 is 2.05 bits per heavy atom. The van der Waals surface area contributed by atoms with Crippen LogP contribution in [0.3, 0.4) is 0 Å². The number of hydrogen-bond acceptors (Lipinski definition) is 2. The molecule has 0 aliphatic heterocycles. The summed E-state index contributed by atoms with van der Waals surface area (Å²) < 4.78 is 5.69. The molecule has 0 amide bonds. The van der Waals surface area contributed by atoms with Gasteiger partial charge < -0.3 is 9.84 Å². The molecule has 0 spiro atoms. The van der Waals surface area contributed by atoms with E-state index in [0.29, 0.717) is 13.0 Å². The molecule has 0 fully saturated rings. The van der Waals surface area contributed by atoms with E-state index in [1.54, 1.807) is 13.8 Å². The molecule has 1 rings (SSSR count). The number of alkyl halides is 1. The normalized spacial score (nSPS) is 13.1. The molecule has 1 aromatic rings. The van der Waals surface area contributed by atoms with Gasteiger partial charge in [-0.15, -0.1) is 11.6 Å². The van der Waals surface area contributed by atoms with Crippen LogP contribution in [0.15, 0.2) is 18.2 Å². The zero-order valence-corrected chi connectivity index (χ0v) is 12.6. The Morgan fingerprint density at radius 1 is 1.42 bits per heavy atom. The van der Waals surface area contributed by atoms with E-state index in [9.17, 15) is 4.79 Å². The summed E-state index contributed by atoms with van der Waals surface area (Å²) >= 11 is 6.14. The van der Waals surface area contributed by atoms with Gasteiger partial charge in [-0.25, -0.2) is 0 Å². The number of carboxylic acid groups (broad SMARTS) is 1. The van der Waals surface area contributed by atoms with Crippen LogP contribution in [-0.2, 0) is 4.79 Å². The quantitative estimate of drug-likeness (QED) is 0.809. The smallest absolute Gasteiger partial charge is 0.310 e. The lowest BCUT2D eigenvalue weighted by atomic mass is 9.87. The summed E-state index contributed by atoms with van der Waals surface area (Å²) in [5, 5.41) is 8.62. The maximum Gasteiger partial charge on any atom is 0.310 e. The van der Waals surface area contributed by atoms with Gasteiger partial charge >= 0.3 is 5.97 Å². The van der Waals surface area contributed by atoms with E-state index in [4.69, 9.17) is 21.4 Å². The Bertz CT molecular complexity index is 455. The van der Waals surface area contributed by atoms with Crippen LogP contribution in [0.4, 0.5) is 0 Å². The molecule has 1 atom stereocenters.